The summed E-state index contributed by atoms with van der Waals surface area (Å²) in [6, 6.07) is 13.6. The minimum absolute atomic E-state index is 0.0144. The zero-order chi connectivity index (χ0) is 18.6. The summed E-state index contributed by atoms with van der Waals surface area (Å²) in [5, 5.41) is 7.15. The summed E-state index contributed by atoms with van der Waals surface area (Å²) in [4.78, 5) is 16.2. The predicted molar refractivity (Wildman–Crippen MR) is 98.8 cm³/mol. The van der Waals surface area contributed by atoms with Gasteiger partial charge in [0.1, 0.15) is 12.7 Å². The van der Waals surface area contributed by atoms with Crippen molar-refractivity contribution < 1.29 is 14.3 Å². The Labute approximate surface area is 156 Å². The zero-order valence-electron chi connectivity index (χ0n) is 15.0. The summed E-state index contributed by atoms with van der Waals surface area (Å²) in [5.41, 5.74) is 3.02. The average molecular weight is 364 g/mol. The molecule has 0 aliphatic carbocycles. The van der Waals surface area contributed by atoms with Crippen molar-refractivity contribution >= 4 is 5.91 Å². The first kappa shape index (κ1) is 17.1. The molecule has 1 atom stereocenters. The second kappa shape index (κ2) is 7.49. The maximum absolute atomic E-state index is 12.3. The van der Waals surface area contributed by atoms with E-state index in [-0.39, 0.29) is 18.7 Å². The maximum atomic E-state index is 12.3. The fourth-order valence-corrected chi connectivity index (χ4v) is 3.01. The zero-order valence-corrected chi connectivity index (χ0v) is 15.0. The molecule has 0 unspecified atom stereocenters. The number of benzene rings is 2. The van der Waals surface area contributed by atoms with Gasteiger partial charge in [0.05, 0.1) is 11.7 Å². The molecule has 3 aromatic rings. The number of rotatable bonds is 6. The van der Waals surface area contributed by atoms with Crippen LogP contribution in [0.5, 0.6) is 11.5 Å². The lowest BCUT2D eigenvalue weighted by molar-refractivity contribution is -0.121. The summed E-state index contributed by atoms with van der Waals surface area (Å²) >= 11 is 0. The van der Waals surface area contributed by atoms with Gasteiger partial charge >= 0.3 is 0 Å². The van der Waals surface area contributed by atoms with E-state index >= 15 is 0 Å². The SMILES string of the molecule is C[C@@H](NC(=O)CCc1ccc2c(c1)OCO2)c1ccc(-n2cncn2)cc1. The van der Waals surface area contributed by atoms with Gasteiger partial charge in [0.2, 0.25) is 12.7 Å². The Hall–Kier alpha value is -3.35. The van der Waals surface area contributed by atoms with Gasteiger partial charge in [-0.05, 0) is 48.7 Å². The Kier molecular flexibility index (Phi) is 4.74. The van der Waals surface area contributed by atoms with E-state index in [9.17, 15) is 4.79 Å². The standard InChI is InChI=1S/C20H20N4O3/c1-14(16-4-6-17(7-5-16)24-12-21-11-22-24)23-20(25)9-3-15-2-8-18-19(10-15)27-13-26-18/h2,4-8,10-12,14H,3,9,13H2,1H3,(H,23,25)/t14-/m1/s1. The van der Waals surface area contributed by atoms with Crippen molar-refractivity contribution in [2.75, 3.05) is 6.79 Å². The Balaban J connectivity index is 1.31. The van der Waals surface area contributed by atoms with E-state index in [0.29, 0.717) is 12.8 Å². The fraction of sp³-hybridized carbons (Fsp3) is 0.250. The monoisotopic (exact) mass is 364 g/mol. The molecule has 2 aromatic carbocycles. The molecule has 7 nitrogen and oxygen atoms in total. The highest BCUT2D eigenvalue weighted by Gasteiger charge is 2.14. The fourth-order valence-electron chi connectivity index (χ4n) is 3.01. The van der Waals surface area contributed by atoms with Crippen LogP contribution in [0.4, 0.5) is 0 Å². The lowest BCUT2D eigenvalue weighted by Gasteiger charge is -2.15. The van der Waals surface area contributed by atoms with Gasteiger partial charge in [-0.15, -0.1) is 0 Å². The molecular formula is C20H20N4O3. The Morgan fingerprint density at radius 2 is 2.00 bits per heavy atom. The largest absolute Gasteiger partial charge is 0.454 e. The molecule has 0 saturated heterocycles. The number of carbonyl (C=O) groups is 1. The van der Waals surface area contributed by atoms with E-state index in [2.05, 4.69) is 15.4 Å². The lowest BCUT2D eigenvalue weighted by Crippen LogP contribution is -2.26. The highest BCUT2D eigenvalue weighted by atomic mass is 16.7. The molecule has 7 heteroatoms. The molecular weight excluding hydrogens is 344 g/mol. The molecule has 1 N–H and O–H groups in total. The maximum Gasteiger partial charge on any atom is 0.231 e. The minimum atomic E-state index is -0.0703. The lowest BCUT2D eigenvalue weighted by atomic mass is 10.1. The van der Waals surface area contributed by atoms with Crippen molar-refractivity contribution in [3.8, 4) is 17.2 Å². The number of hydrogen-bond donors (Lipinski definition) is 1. The van der Waals surface area contributed by atoms with Crippen LogP contribution in [0.2, 0.25) is 0 Å². The molecule has 1 aliphatic rings. The predicted octanol–water partition coefficient (Wildman–Crippen LogP) is 2.81. The van der Waals surface area contributed by atoms with Crippen LogP contribution in [-0.4, -0.2) is 27.5 Å². The van der Waals surface area contributed by atoms with E-state index < -0.39 is 0 Å². The average Bonchev–Trinajstić information content (AvgIpc) is 3.38. The van der Waals surface area contributed by atoms with Crippen LogP contribution >= 0.6 is 0 Å². The molecule has 0 spiro atoms. The van der Waals surface area contributed by atoms with Crippen molar-refractivity contribution in [2.45, 2.75) is 25.8 Å². The summed E-state index contributed by atoms with van der Waals surface area (Å²) in [5.74, 6) is 1.51. The third-order valence-corrected chi connectivity index (χ3v) is 4.53. The normalized spacial score (nSPS) is 13.4. The first-order valence-electron chi connectivity index (χ1n) is 8.82. The molecule has 4 rings (SSSR count). The molecule has 138 valence electrons. The van der Waals surface area contributed by atoms with Crippen LogP contribution in [0, 0.1) is 0 Å². The highest BCUT2D eigenvalue weighted by Crippen LogP contribution is 2.32. The smallest absolute Gasteiger partial charge is 0.231 e. The van der Waals surface area contributed by atoms with Crippen molar-refractivity contribution in [3.05, 3.63) is 66.2 Å². The summed E-state index contributed by atoms with van der Waals surface area (Å²) < 4.78 is 12.4. The molecule has 1 aromatic heterocycles. The van der Waals surface area contributed by atoms with Gasteiger partial charge in [-0.2, -0.15) is 5.10 Å². The third kappa shape index (κ3) is 3.92. The molecule has 0 bridgehead atoms. The number of amides is 1. The molecule has 0 saturated carbocycles. The molecule has 0 fully saturated rings. The Morgan fingerprint density at radius 1 is 1.19 bits per heavy atom. The van der Waals surface area contributed by atoms with Crippen LogP contribution in [-0.2, 0) is 11.2 Å². The molecule has 1 amide bonds. The van der Waals surface area contributed by atoms with Crippen molar-refractivity contribution in [2.24, 2.45) is 0 Å². The first-order valence-corrected chi connectivity index (χ1v) is 8.82. The van der Waals surface area contributed by atoms with E-state index in [0.717, 1.165) is 28.3 Å². The quantitative estimate of drug-likeness (QED) is 0.728. The molecule has 27 heavy (non-hydrogen) atoms. The Morgan fingerprint density at radius 3 is 2.78 bits per heavy atom. The van der Waals surface area contributed by atoms with Crippen LogP contribution in [0.3, 0.4) is 0 Å². The van der Waals surface area contributed by atoms with E-state index in [1.54, 1.807) is 11.0 Å². The number of ether oxygens (including phenoxy) is 2. The van der Waals surface area contributed by atoms with E-state index in [1.165, 1.54) is 6.33 Å². The molecule has 1 aliphatic heterocycles. The van der Waals surface area contributed by atoms with Gasteiger partial charge in [0.25, 0.3) is 0 Å². The van der Waals surface area contributed by atoms with Gasteiger partial charge in [0.15, 0.2) is 11.5 Å². The number of nitrogens with zero attached hydrogens (tertiary/aromatic N) is 3. The van der Waals surface area contributed by atoms with Crippen LogP contribution < -0.4 is 14.8 Å². The number of fused-ring (bicyclic) bond motifs is 1. The number of nitrogens with one attached hydrogen (secondary N) is 1. The highest BCUT2D eigenvalue weighted by molar-refractivity contribution is 5.76. The second-order valence-corrected chi connectivity index (χ2v) is 6.41. The number of carbonyl (C=O) groups excluding carboxylic acids is 1. The van der Waals surface area contributed by atoms with Gasteiger partial charge in [-0.25, -0.2) is 9.67 Å². The van der Waals surface area contributed by atoms with Crippen molar-refractivity contribution in [3.63, 3.8) is 0 Å². The summed E-state index contributed by atoms with van der Waals surface area (Å²) in [7, 11) is 0. The van der Waals surface area contributed by atoms with Crippen molar-refractivity contribution in [1.82, 2.24) is 20.1 Å². The van der Waals surface area contributed by atoms with Gasteiger partial charge in [0, 0.05) is 6.42 Å². The van der Waals surface area contributed by atoms with Gasteiger partial charge in [-0.3, -0.25) is 4.79 Å². The third-order valence-electron chi connectivity index (χ3n) is 4.53. The summed E-state index contributed by atoms with van der Waals surface area (Å²) in [6.07, 6.45) is 4.22. The minimum Gasteiger partial charge on any atom is -0.454 e. The second-order valence-electron chi connectivity index (χ2n) is 6.41. The molecule has 2 heterocycles. The number of aryl methyl sites for hydroxylation is 1. The van der Waals surface area contributed by atoms with Crippen LogP contribution in [0.1, 0.15) is 30.5 Å². The Bertz CT molecular complexity index is 923. The van der Waals surface area contributed by atoms with Crippen LogP contribution in [0.25, 0.3) is 5.69 Å². The summed E-state index contributed by atoms with van der Waals surface area (Å²) in [6.45, 7) is 2.23. The molecule has 0 radical (unpaired) electrons. The van der Waals surface area contributed by atoms with Gasteiger partial charge in [-0.1, -0.05) is 18.2 Å². The van der Waals surface area contributed by atoms with Crippen molar-refractivity contribution in [1.29, 1.82) is 0 Å². The van der Waals surface area contributed by atoms with E-state index in [4.69, 9.17) is 9.47 Å². The van der Waals surface area contributed by atoms with Crippen LogP contribution in [0.15, 0.2) is 55.1 Å². The van der Waals surface area contributed by atoms with Gasteiger partial charge < -0.3 is 14.8 Å². The van der Waals surface area contributed by atoms with E-state index in [1.807, 2.05) is 49.4 Å². The first-order chi connectivity index (χ1) is 13.2. The number of aromatic nitrogens is 3. The topological polar surface area (TPSA) is 78.3 Å². The number of hydrogen-bond acceptors (Lipinski definition) is 5.